The first-order valence-electron chi connectivity index (χ1n) is 9.51. The van der Waals surface area contributed by atoms with Crippen molar-refractivity contribution in [3.63, 3.8) is 0 Å². The molecule has 0 radical (unpaired) electrons. The van der Waals surface area contributed by atoms with Crippen molar-refractivity contribution in [1.82, 2.24) is 10.6 Å². The highest BCUT2D eigenvalue weighted by atomic mass is 16.6. The number of amides is 2. The minimum atomic E-state index is -0.730. The van der Waals surface area contributed by atoms with E-state index in [9.17, 15) is 14.4 Å². The van der Waals surface area contributed by atoms with Gasteiger partial charge in [-0.05, 0) is 45.4 Å². The molecule has 1 aliphatic carbocycles. The molecule has 0 aliphatic heterocycles. The molecule has 1 aliphatic rings. The molecule has 1 atom stereocenters. The van der Waals surface area contributed by atoms with Crippen molar-refractivity contribution in [1.29, 1.82) is 0 Å². The van der Waals surface area contributed by atoms with Gasteiger partial charge in [0.25, 0.3) is 0 Å². The summed E-state index contributed by atoms with van der Waals surface area (Å²) in [6, 6.07) is -0.730. The van der Waals surface area contributed by atoms with Crippen LogP contribution in [0.15, 0.2) is 0 Å². The molecule has 0 spiro atoms. The predicted molar refractivity (Wildman–Crippen MR) is 98.5 cm³/mol. The Hall–Kier alpha value is -1.79. The van der Waals surface area contributed by atoms with Crippen LogP contribution in [0.4, 0.5) is 4.79 Å². The minimum Gasteiger partial charge on any atom is -0.464 e. The van der Waals surface area contributed by atoms with Crippen LogP contribution in [-0.4, -0.2) is 42.8 Å². The summed E-state index contributed by atoms with van der Waals surface area (Å²) < 4.78 is 10.5. The maximum atomic E-state index is 12.3. The molecule has 0 bridgehead atoms. The lowest BCUT2D eigenvalue weighted by molar-refractivity contribution is -0.150. The highest BCUT2D eigenvalue weighted by molar-refractivity contribution is 5.87. The lowest BCUT2D eigenvalue weighted by Crippen LogP contribution is -2.49. The molecule has 7 nitrogen and oxygen atoms in total. The lowest BCUT2D eigenvalue weighted by atomic mass is 9.90. The molecule has 2 N–H and O–H groups in total. The van der Waals surface area contributed by atoms with Crippen molar-refractivity contribution in [2.24, 2.45) is 11.8 Å². The smallest absolute Gasteiger partial charge is 0.408 e. The maximum Gasteiger partial charge on any atom is 0.408 e. The molecule has 1 rings (SSSR count). The fourth-order valence-electron chi connectivity index (χ4n) is 2.83. The highest BCUT2D eigenvalue weighted by Gasteiger charge is 2.27. The van der Waals surface area contributed by atoms with E-state index >= 15 is 0 Å². The molecule has 7 heteroatoms. The van der Waals surface area contributed by atoms with Gasteiger partial charge < -0.3 is 20.1 Å². The van der Waals surface area contributed by atoms with Gasteiger partial charge in [0.1, 0.15) is 18.2 Å². The number of esters is 1. The van der Waals surface area contributed by atoms with Gasteiger partial charge in [-0.15, -0.1) is 0 Å². The van der Waals surface area contributed by atoms with Gasteiger partial charge in [-0.2, -0.15) is 0 Å². The summed E-state index contributed by atoms with van der Waals surface area (Å²) in [6.45, 7) is 9.06. The van der Waals surface area contributed by atoms with Crippen LogP contribution < -0.4 is 10.6 Å². The van der Waals surface area contributed by atoms with Gasteiger partial charge >= 0.3 is 12.1 Å². The van der Waals surface area contributed by atoms with E-state index in [-0.39, 0.29) is 12.5 Å². The summed E-state index contributed by atoms with van der Waals surface area (Å²) in [6.07, 6.45) is 5.12. The average molecular weight is 370 g/mol. The molecule has 0 aromatic heterocycles. The molecule has 0 aromatic carbocycles. The van der Waals surface area contributed by atoms with Crippen LogP contribution in [0.1, 0.15) is 66.7 Å². The Kier molecular flexibility index (Phi) is 8.88. The second-order valence-electron chi connectivity index (χ2n) is 8.28. The van der Waals surface area contributed by atoms with E-state index < -0.39 is 29.6 Å². The molecule has 26 heavy (non-hydrogen) atoms. The van der Waals surface area contributed by atoms with Crippen molar-refractivity contribution in [2.45, 2.75) is 78.4 Å². The monoisotopic (exact) mass is 370 g/mol. The van der Waals surface area contributed by atoms with Crippen LogP contribution in [0, 0.1) is 11.8 Å². The lowest BCUT2D eigenvalue weighted by Gasteiger charge is -2.25. The van der Waals surface area contributed by atoms with Crippen molar-refractivity contribution < 1.29 is 23.9 Å². The van der Waals surface area contributed by atoms with Crippen LogP contribution in [0.5, 0.6) is 0 Å². The zero-order chi connectivity index (χ0) is 19.7. The third-order valence-corrected chi connectivity index (χ3v) is 4.22. The number of hydrogen-bond donors (Lipinski definition) is 2. The van der Waals surface area contributed by atoms with E-state index in [0.717, 1.165) is 12.8 Å². The summed E-state index contributed by atoms with van der Waals surface area (Å²) in [7, 11) is 0. The van der Waals surface area contributed by atoms with Gasteiger partial charge in [0, 0.05) is 0 Å². The fraction of sp³-hybridized carbons (Fsp3) is 0.842. The fourth-order valence-corrected chi connectivity index (χ4v) is 2.83. The van der Waals surface area contributed by atoms with Gasteiger partial charge in [0.05, 0.1) is 6.61 Å². The summed E-state index contributed by atoms with van der Waals surface area (Å²) in [5.41, 5.74) is -0.635. The number of carbonyl (C=O) groups excluding carboxylic acids is 3. The molecule has 150 valence electrons. The number of carbonyl (C=O) groups is 3. The molecule has 0 saturated heterocycles. The third kappa shape index (κ3) is 9.06. The topological polar surface area (TPSA) is 93.7 Å². The van der Waals surface area contributed by atoms with Gasteiger partial charge in [0.2, 0.25) is 5.91 Å². The van der Waals surface area contributed by atoms with Crippen LogP contribution >= 0.6 is 0 Å². The van der Waals surface area contributed by atoms with Crippen LogP contribution in [0.3, 0.4) is 0 Å². The SMILES string of the molecule is CC(C)C(NC(=O)CNC(=O)OC(C)(C)C)C(=O)OCC1CCCCC1. The standard InChI is InChI=1S/C19H34N2O5/c1-13(2)16(17(23)25-12-14-9-7-6-8-10-14)21-15(22)11-20-18(24)26-19(3,4)5/h13-14,16H,6-12H2,1-5H3,(H,20,24)(H,21,22). The Morgan fingerprint density at radius 3 is 2.23 bits per heavy atom. The molecular weight excluding hydrogens is 336 g/mol. The number of nitrogens with one attached hydrogen (secondary N) is 2. The van der Waals surface area contributed by atoms with Crippen molar-refractivity contribution in [3.8, 4) is 0 Å². The van der Waals surface area contributed by atoms with Crippen molar-refractivity contribution in [3.05, 3.63) is 0 Å². The zero-order valence-electron chi connectivity index (χ0n) is 16.7. The van der Waals surface area contributed by atoms with E-state index in [4.69, 9.17) is 9.47 Å². The Morgan fingerprint density at radius 2 is 1.69 bits per heavy atom. The molecular formula is C19H34N2O5. The molecule has 1 fully saturated rings. The summed E-state index contributed by atoms with van der Waals surface area (Å²) in [5.74, 6) is -0.565. The Morgan fingerprint density at radius 1 is 1.08 bits per heavy atom. The molecule has 1 saturated carbocycles. The maximum absolute atomic E-state index is 12.3. The second-order valence-corrected chi connectivity index (χ2v) is 8.28. The van der Waals surface area contributed by atoms with Crippen molar-refractivity contribution >= 4 is 18.0 Å². The Balaban J connectivity index is 2.41. The predicted octanol–water partition coefficient (Wildman–Crippen LogP) is 2.78. The Labute approximate surface area is 156 Å². The quantitative estimate of drug-likeness (QED) is 0.672. The first kappa shape index (κ1) is 22.3. The average Bonchev–Trinajstić information content (AvgIpc) is 2.55. The van der Waals surface area contributed by atoms with Gasteiger partial charge in [0.15, 0.2) is 0 Å². The summed E-state index contributed by atoms with van der Waals surface area (Å²) in [4.78, 5) is 36.0. The normalized spacial score (nSPS) is 16.7. The molecule has 1 unspecified atom stereocenters. The molecule has 0 aromatic rings. The first-order valence-corrected chi connectivity index (χ1v) is 9.51. The second kappa shape index (κ2) is 10.4. The first-order chi connectivity index (χ1) is 12.1. The van der Waals surface area contributed by atoms with Gasteiger partial charge in [-0.25, -0.2) is 9.59 Å². The summed E-state index contributed by atoms with van der Waals surface area (Å²) >= 11 is 0. The van der Waals surface area contributed by atoms with Crippen LogP contribution in [0.2, 0.25) is 0 Å². The van der Waals surface area contributed by atoms with Crippen LogP contribution in [-0.2, 0) is 19.1 Å². The minimum absolute atomic E-state index is 0.112. The van der Waals surface area contributed by atoms with E-state index in [1.165, 1.54) is 19.3 Å². The number of rotatable bonds is 7. The van der Waals surface area contributed by atoms with E-state index in [2.05, 4.69) is 10.6 Å². The van der Waals surface area contributed by atoms with Gasteiger partial charge in [-0.3, -0.25) is 4.79 Å². The molecule has 0 heterocycles. The number of hydrogen-bond acceptors (Lipinski definition) is 5. The van der Waals surface area contributed by atoms with Gasteiger partial charge in [-0.1, -0.05) is 33.1 Å². The summed E-state index contributed by atoms with van der Waals surface area (Å²) in [5, 5.41) is 5.02. The number of alkyl carbamates (subject to hydrolysis) is 1. The highest BCUT2D eigenvalue weighted by Crippen LogP contribution is 2.23. The van der Waals surface area contributed by atoms with Crippen molar-refractivity contribution in [2.75, 3.05) is 13.2 Å². The van der Waals surface area contributed by atoms with E-state index in [0.29, 0.717) is 12.5 Å². The Bertz CT molecular complexity index is 479. The number of ether oxygens (including phenoxy) is 2. The third-order valence-electron chi connectivity index (χ3n) is 4.22. The largest absolute Gasteiger partial charge is 0.464 e. The van der Waals surface area contributed by atoms with E-state index in [1.807, 2.05) is 13.8 Å². The van der Waals surface area contributed by atoms with E-state index in [1.54, 1.807) is 20.8 Å². The van der Waals surface area contributed by atoms with Crippen LogP contribution in [0.25, 0.3) is 0 Å². The zero-order valence-corrected chi connectivity index (χ0v) is 16.7. The molecule has 2 amide bonds.